The van der Waals surface area contributed by atoms with Crippen molar-refractivity contribution in [3.8, 4) is 5.75 Å². The number of para-hydroxylation sites is 1. The zero-order valence-electron chi connectivity index (χ0n) is 6.53. The molecule has 0 saturated heterocycles. The molecule has 2 nitrogen and oxygen atoms in total. The third-order valence-electron chi connectivity index (χ3n) is 1.60. The summed E-state index contributed by atoms with van der Waals surface area (Å²) in [4.78, 5) is 0. The number of halogens is 1. The maximum atomic E-state index is 6.47. The number of benzene rings is 1. The second-order valence-corrected chi connectivity index (χ2v) is 2.21. The Balaban J connectivity index is 0.000000378. The normalized spacial score (nSPS) is 11.5. The summed E-state index contributed by atoms with van der Waals surface area (Å²) in [6.07, 6.45) is 1.08. The van der Waals surface area contributed by atoms with Crippen molar-refractivity contribution < 1.29 is 9.40 Å². The highest BCUT2D eigenvalue weighted by molar-refractivity contribution is 6.04. The molecule has 3 radical (unpaired) electrons. The van der Waals surface area contributed by atoms with Gasteiger partial charge in [-0.25, -0.2) is 0 Å². The fraction of sp³-hybridized carbons (Fsp3) is 0.250. The molecule has 0 bridgehead atoms. The molecule has 1 aromatic carbocycles. The molecule has 4 heteroatoms. The lowest BCUT2D eigenvalue weighted by atomic mass is 10.2. The van der Waals surface area contributed by atoms with Crippen molar-refractivity contribution in [3.63, 3.8) is 0 Å². The van der Waals surface area contributed by atoms with Gasteiger partial charge in [-0.2, -0.15) is 0 Å². The predicted octanol–water partition coefficient (Wildman–Crippen LogP) is 1.37. The van der Waals surface area contributed by atoms with E-state index in [2.05, 4.69) is 17.9 Å². The molecule has 0 aromatic heterocycles. The summed E-state index contributed by atoms with van der Waals surface area (Å²) in [7, 11) is 0. The van der Waals surface area contributed by atoms with Crippen molar-refractivity contribution in [2.75, 3.05) is 6.61 Å². The topological polar surface area (TPSA) is 29.5 Å². The molecule has 0 unspecified atom stereocenters. The summed E-state index contributed by atoms with van der Waals surface area (Å²) >= 11 is 3.64. The van der Waals surface area contributed by atoms with Crippen LogP contribution in [0.15, 0.2) is 24.3 Å². The number of hydrogen-bond donors (Lipinski definition) is 1. The molecule has 1 aliphatic rings. The molecule has 1 aromatic rings. The third kappa shape index (κ3) is 2.69. The summed E-state index contributed by atoms with van der Waals surface area (Å²) < 4.78 is 11.8. The van der Waals surface area contributed by atoms with E-state index in [0.29, 0.717) is 0 Å². The predicted molar refractivity (Wildman–Crippen MR) is 49.5 cm³/mol. The summed E-state index contributed by atoms with van der Waals surface area (Å²) in [5, 5.41) is 0. The van der Waals surface area contributed by atoms with E-state index in [9.17, 15) is 0 Å². The molecule has 1 N–H and O–H groups in total. The van der Waals surface area contributed by atoms with E-state index >= 15 is 0 Å². The van der Waals surface area contributed by atoms with Gasteiger partial charge in [0.1, 0.15) is 5.75 Å². The van der Waals surface area contributed by atoms with Gasteiger partial charge in [0.2, 0.25) is 0 Å². The molecule has 0 saturated carbocycles. The van der Waals surface area contributed by atoms with Gasteiger partial charge >= 0.3 is 0 Å². The van der Waals surface area contributed by atoms with Gasteiger partial charge in [0, 0.05) is 23.8 Å². The minimum Gasteiger partial charge on any atom is -0.493 e. The number of ether oxygens (including phenoxy) is 1. The molecule has 63 valence electrons. The molecule has 1 aliphatic heterocycles. The molecule has 0 spiro atoms. The minimum absolute atomic E-state index is 0. The van der Waals surface area contributed by atoms with Crippen LogP contribution in [-0.2, 0) is 6.42 Å². The lowest BCUT2D eigenvalue weighted by Crippen LogP contribution is -1.85. The summed E-state index contributed by atoms with van der Waals surface area (Å²) in [6, 6.07) is 8.18. The van der Waals surface area contributed by atoms with Crippen LogP contribution >= 0.6 is 11.9 Å². The van der Waals surface area contributed by atoms with Crippen molar-refractivity contribution >= 4 is 29.2 Å². The number of fused-ring (bicyclic) bond motifs is 1. The van der Waals surface area contributed by atoms with E-state index < -0.39 is 0 Å². The Morgan fingerprint density at radius 3 is 2.58 bits per heavy atom. The molecule has 0 fully saturated rings. The van der Waals surface area contributed by atoms with E-state index in [1.165, 1.54) is 5.56 Å². The van der Waals surface area contributed by atoms with Crippen molar-refractivity contribution in [2.45, 2.75) is 6.42 Å². The average Bonchev–Trinajstić information content (AvgIpc) is 2.55. The largest absolute Gasteiger partial charge is 0.493 e. The van der Waals surface area contributed by atoms with E-state index in [1.807, 2.05) is 18.2 Å². The van der Waals surface area contributed by atoms with Gasteiger partial charge in [-0.15, -0.1) is 0 Å². The number of rotatable bonds is 0. The third-order valence-corrected chi connectivity index (χ3v) is 1.60. The van der Waals surface area contributed by atoms with Crippen molar-refractivity contribution in [1.29, 1.82) is 0 Å². The summed E-state index contributed by atoms with van der Waals surface area (Å²) in [5.41, 5.74) is 1.34. The highest BCUT2D eigenvalue weighted by Crippen LogP contribution is 2.23. The van der Waals surface area contributed by atoms with Gasteiger partial charge in [0.05, 0.1) is 18.5 Å². The smallest absolute Gasteiger partial charge is 0.122 e. The van der Waals surface area contributed by atoms with Gasteiger partial charge < -0.3 is 4.74 Å². The van der Waals surface area contributed by atoms with Crippen molar-refractivity contribution in [3.05, 3.63) is 29.8 Å². The molecule has 0 amide bonds. The first kappa shape index (κ1) is 11.8. The maximum Gasteiger partial charge on any atom is 0.122 e. The van der Waals surface area contributed by atoms with Crippen molar-refractivity contribution in [2.24, 2.45) is 0 Å². The van der Waals surface area contributed by atoms with E-state index in [-0.39, 0.29) is 17.4 Å². The second kappa shape index (κ2) is 6.33. The van der Waals surface area contributed by atoms with Gasteiger partial charge in [-0.05, 0) is 11.6 Å². The Labute approximate surface area is 87.4 Å². The van der Waals surface area contributed by atoms with Gasteiger partial charge in [0.25, 0.3) is 0 Å². The van der Waals surface area contributed by atoms with Crippen LogP contribution in [0.25, 0.3) is 0 Å². The number of hydrogen-bond acceptors (Lipinski definition) is 2. The maximum absolute atomic E-state index is 6.47. The molecule has 12 heavy (non-hydrogen) atoms. The molecule has 1 heterocycles. The van der Waals surface area contributed by atoms with Crippen LogP contribution in [0.2, 0.25) is 0 Å². The molecule has 0 atom stereocenters. The monoisotopic (exact) mass is 199 g/mol. The fourth-order valence-corrected chi connectivity index (χ4v) is 1.12. The quantitative estimate of drug-likeness (QED) is 0.640. The summed E-state index contributed by atoms with van der Waals surface area (Å²) in [6.45, 7) is 0.860. The zero-order chi connectivity index (χ0) is 8.10. The fourth-order valence-electron chi connectivity index (χ4n) is 1.12. The second-order valence-electron chi connectivity index (χ2n) is 2.21. The minimum atomic E-state index is 0. The molecule has 0 aliphatic carbocycles. The standard InChI is InChI=1S/C8H8O.Al.ClHO/c1-2-4-8-7(3-1)5-6-9-8;;1-2/h1-4H,5-6H2;;2H. The molecule has 2 rings (SSSR count). The zero-order valence-corrected chi connectivity index (χ0v) is 8.45. The Bertz CT molecular complexity index is 207. The Hall–Kier alpha value is -0.198. The van der Waals surface area contributed by atoms with Crippen LogP contribution in [-0.4, -0.2) is 28.6 Å². The van der Waals surface area contributed by atoms with Crippen molar-refractivity contribution in [1.82, 2.24) is 0 Å². The van der Waals surface area contributed by atoms with Crippen LogP contribution < -0.4 is 4.74 Å². The Morgan fingerprint density at radius 2 is 1.92 bits per heavy atom. The van der Waals surface area contributed by atoms with Gasteiger partial charge in [0.15, 0.2) is 0 Å². The van der Waals surface area contributed by atoms with Crippen LogP contribution in [0.4, 0.5) is 0 Å². The lowest BCUT2D eigenvalue weighted by Gasteiger charge is -1.93. The van der Waals surface area contributed by atoms with Crippen LogP contribution in [0.3, 0.4) is 0 Å². The average molecular weight is 200 g/mol. The van der Waals surface area contributed by atoms with Gasteiger partial charge in [-0.3, -0.25) is 4.66 Å². The summed E-state index contributed by atoms with van der Waals surface area (Å²) in [5.74, 6) is 1.07. The van der Waals surface area contributed by atoms with E-state index in [4.69, 9.17) is 9.40 Å². The molecular formula is C8H9AlClO2. The highest BCUT2D eigenvalue weighted by atomic mass is 35.5. The first-order valence-electron chi connectivity index (χ1n) is 3.34. The SMILES string of the molecule is OCl.[Al].c1ccc2c(c1)CCO2. The Morgan fingerprint density at radius 1 is 1.25 bits per heavy atom. The van der Waals surface area contributed by atoms with Crippen LogP contribution in [0.5, 0.6) is 5.75 Å². The van der Waals surface area contributed by atoms with Crippen LogP contribution in [0, 0.1) is 0 Å². The van der Waals surface area contributed by atoms with E-state index in [1.54, 1.807) is 0 Å². The van der Waals surface area contributed by atoms with Crippen LogP contribution in [0.1, 0.15) is 5.56 Å². The highest BCUT2D eigenvalue weighted by Gasteiger charge is 2.08. The van der Waals surface area contributed by atoms with E-state index in [0.717, 1.165) is 18.8 Å². The molecular weight excluding hydrogens is 191 g/mol. The Kier molecular flexibility index (Phi) is 6.23. The van der Waals surface area contributed by atoms with Gasteiger partial charge in [-0.1, -0.05) is 18.2 Å². The first-order chi connectivity index (χ1) is 5.47. The lowest BCUT2D eigenvalue weighted by molar-refractivity contribution is 0.357. The first-order valence-corrected chi connectivity index (χ1v) is 3.68.